The van der Waals surface area contributed by atoms with E-state index in [-0.39, 0.29) is 0 Å². The van der Waals surface area contributed by atoms with Crippen LogP contribution >= 0.6 is 0 Å². The second kappa shape index (κ2) is 4.15. The van der Waals surface area contributed by atoms with E-state index in [2.05, 4.69) is 39.8 Å². The lowest BCUT2D eigenvalue weighted by Crippen LogP contribution is -2.31. The highest BCUT2D eigenvalue weighted by Crippen LogP contribution is 2.45. The Morgan fingerprint density at radius 3 is 2.67 bits per heavy atom. The van der Waals surface area contributed by atoms with Crippen molar-refractivity contribution in [2.24, 2.45) is 23.7 Å². The first-order chi connectivity index (χ1) is 7.09. The average Bonchev–Trinajstić information content (AvgIpc) is 2.17. The molecule has 0 N–H and O–H groups in total. The lowest BCUT2D eigenvalue weighted by atomic mass is 9.64. The minimum absolute atomic E-state index is 0.823. The molecule has 0 aliphatic heterocycles. The quantitative estimate of drug-likeness (QED) is 0.548. The molecule has 0 fully saturated rings. The van der Waals surface area contributed by atoms with E-state index in [9.17, 15) is 0 Å². The van der Waals surface area contributed by atoms with E-state index < -0.39 is 0 Å². The predicted octanol–water partition coefficient (Wildman–Crippen LogP) is 4.58. The van der Waals surface area contributed by atoms with Crippen LogP contribution in [0.5, 0.6) is 0 Å². The van der Waals surface area contributed by atoms with Crippen molar-refractivity contribution in [2.45, 2.75) is 47.0 Å². The maximum atomic E-state index is 2.58. The number of fused-ring (bicyclic) bond motifs is 1. The molecule has 0 nitrogen and oxygen atoms in total. The van der Waals surface area contributed by atoms with E-state index in [1.807, 2.05) is 0 Å². The molecule has 0 aromatic heterocycles. The van der Waals surface area contributed by atoms with Gasteiger partial charge in [-0.05, 0) is 56.8 Å². The first kappa shape index (κ1) is 11.0. The smallest absolute Gasteiger partial charge is 0.0132 e. The third-order valence-electron chi connectivity index (χ3n) is 4.44. The molecule has 2 aliphatic rings. The van der Waals surface area contributed by atoms with Crippen molar-refractivity contribution in [3.63, 3.8) is 0 Å². The highest BCUT2D eigenvalue weighted by molar-refractivity contribution is 5.20. The van der Waals surface area contributed by atoms with Gasteiger partial charge in [0.15, 0.2) is 0 Å². The molecular weight excluding hydrogens is 180 g/mol. The third kappa shape index (κ3) is 2.04. The van der Waals surface area contributed by atoms with Gasteiger partial charge < -0.3 is 0 Å². The fourth-order valence-corrected chi connectivity index (χ4v) is 3.40. The highest BCUT2D eigenvalue weighted by Gasteiger charge is 2.34. The third-order valence-corrected chi connectivity index (χ3v) is 4.44. The van der Waals surface area contributed by atoms with Crippen molar-refractivity contribution in [2.75, 3.05) is 0 Å². The van der Waals surface area contributed by atoms with Gasteiger partial charge >= 0.3 is 0 Å². The fourth-order valence-electron chi connectivity index (χ4n) is 3.40. The summed E-state index contributed by atoms with van der Waals surface area (Å²) in [5.41, 5.74) is 3.28. The molecule has 2 rings (SSSR count). The van der Waals surface area contributed by atoms with Crippen molar-refractivity contribution in [1.82, 2.24) is 0 Å². The predicted molar refractivity (Wildman–Crippen MR) is 66.7 cm³/mol. The Hall–Kier alpha value is -0.520. The Kier molecular flexibility index (Phi) is 3.04. The normalized spacial score (nSPS) is 35.9. The second-order valence-electron chi connectivity index (χ2n) is 5.83. The van der Waals surface area contributed by atoms with Crippen molar-refractivity contribution in [1.29, 1.82) is 0 Å². The van der Waals surface area contributed by atoms with Gasteiger partial charge in [0.25, 0.3) is 0 Å². The van der Waals surface area contributed by atoms with Gasteiger partial charge in [0.2, 0.25) is 0 Å². The number of hydrogen-bond donors (Lipinski definition) is 0. The zero-order valence-corrected chi connectivity index (χ0v) is 10.6. The maximum Gasteiger partial charge on any atom is -0.0132 e. The molecule has 0 heteroatoms. The molecule has 15 heavy (non-hydrogen) atoms. The summed E-state index contributed by atoms with van der Waals surface area (Å²) in [5, 5.41) is 0. The molecule has 0 saturated carbocycles. The summed E-state index contributed by atoms with van der Waals surface area (Å²) in [6, 6.07) is 0. The first-order valence-electron chi connectivity index (χ1n) is 6.43. The molecule has 0 bridgehead atoms. The van der Waals surface area contributed by atoms with Crippen LogP contribution in [-0.4, -0.2) is 0 Å². The van der Waals surface area contributed by atoms with Gasteiger partial charge in [0.1, 0.15) is 0 Å². The molecule has 0 spiro atoms. The molecule has 2 aliphatic carbocycles. The summed E-state index contributed by atoms with van der Waals surface area (Å²) in [7, 11) is 0. The molecule has 1 unspecified atom stereocenters. The molecule has 3 atom stereocenters. The van der Waals surface area contributed by atoms with Crippen LogP contribution < -0.4 is 0 Å². The van der Waals surface area contributed by atoms with E-state index in [1.54, 1.807) is 11.1 Å². The monoisotopic (exact) mass is 204 g/mol. The lowest BCUT2D eigenvalue weighted by Gasteiger charge is -2.41. The van der Waals surface area contributed by atoms with Gasteiger partial charge in [0.05, 0.1) is 0 Å². The number of rotatable bonds is 1. The summed E-state index contributed by atoms with van der Waals surface area (Å²) >= 11 is 0. The van der Waals surface area contributed by atoms with Crippen molar-refractivity contribution in [3.05, 3.63) is 23.3 Å². The number of hydrogen-bond acceptors (Lipinski definition) is 0. The van der Waals surface area contributed by atoms with Crippen molar-refractivity contribution in [3.8, 4) is 0 Å². The van der Waals surface area contributed by atoms with E-state index in [4.69, 9.17) is 0 Å². The van der Waals surface area contributed by atoms with Crippen LogP contribution in [0.1, 0.15) is 47.0 Å². The van der Waals surface area contributed by atoms with E-state index >= 15 is 0 Å². The zero-order valence-electron chi connectivity index (χ0n) is 10.6. The van der Waals surface area contributed by atoms with Gasteiger partial charge in [-0.1, -0.05) is 37.1 Å². The van der Waals surface area contributed by atoms with Crippen LogP contribution in [0.4, 0.5) is 0 Å². The molecule has 0 amide bonds. The van der Waals surface area contributed by atoms with Crippen LogP contribution in [0.15, 0.2) is 23.3 Å². The van der Waals surface area contributed by atoms with Gasteiger partial charge in [-0.25, -0.2) is 0 Å². The summed E-state index contributed by atoms with van der Waals surface area (Å²) in [4.78, 5) is 0. The van der Waals surface area contributed by atoms with Gasteiger partial charge in [-0.3, -0.25) is 0 Å². The molecule has 0 aromatic rings. The summed E-state index contributed by atoms with van der Waals surface area (Å²) in [6.45, 7) is 9.41. The van der Waals surface area contributed by atoms with Crippen molar-refractivity contribution < 1.29 is 0 Å². The zero-order chi connectivity index (χ0) is 11.0. The molecular formula is C15H24. The topological polar surface area (TPSA) is 0 Å². The Bertz CT molecular complexity index is 293. The summed E-state index contributed by atoms with van der Waals surface area (Å²) in [5.74, 6) is 3.40. The molecule has 0 heterocycles. The minimum atomic E-state index is 0.823. The number of allylic oxidation sites excluding steroid dienone is 4. The van der Waals surface area contributed by atoms with Crippen LogP contribution in [-0.2, 0) is 0 Å². The van der Waals surface area contributed by atoms with Gasteiger partial charge in [-0.15, -0.1) is 0 Å². The Balaban J connectivity index is 2.28. The van der Waals surface area contributed by atoms with E-state index in [0.717, 1.165) is 23.7 Å². The maximum absolute atomic E-state index is 2.58. The van der Waals surface area contributed by atoms with E-state index in [0.29, 0.717) is 0 Å². The SMILES string of the molecule is CC1=CC2[C@@H](C(C)C)CC=C(C)[C@@H]2CC1. The van der Waals surface area contributed by atoms with E-state index in [1.165, 1.54) is 19.3 Å². The van der Waals surface area contributed by atoms with Crippen LogP contribution in [0.2, 0.25) is 0 Å². The summed E-state index contributed by atoms with van der Waals surface area (Å²) in [6.07, 6.45) is 9.08. The molecule has 0 radical (unpaired) electrons. The molecule has 84 valence electrons. The van der Waals surface area contributed by atoms with Gasteiger partial charge in [-0.2, -0.15) is 0 Å². The minimum Gasteiger partial charge on any atom is -0.0850 e. The van der Waals surface area contributed by atoms with Crippen LogP contribution in [0.25, 0.3) is 0 Å². The first-order valence-corrected chi connectivity index (χ1v) is 6.43. The lowest BCUT2D eigenvalue weighted by molar-refractivity contribution is 0.210. The Morgan fingerprint density at radius 2 is 2.00 bits per heavy atom. The summed E-state index contributed by atoms with van der Waals surface area (Å²) < 4.78 is 0. The van der Waals surface area contributed by atoms with Crippen LogP contribution in [0, 0.1) is 23.7 Å². The molecule has 0 saturated heterocycles. The van der Waals surface area contributed by atoms with Crippen molar-refractivity contribution >= 4 is 0 Å². The highest BCUT2D eigenvalue weighted by atomic mass is 14.4. The largest absolute Gasteiger partial charge is 0.0850 e. The van der Waals surface area contributed by atoms with Crippen LogP contribution in [0.3, 0.4) is 0 Å². The average molecular weight is 204 g/mol. The molecule has 0 aromatic carbocycles. The second-order valence-corrected chi connectivity index (χ2v) is 5.83. The Morgan fingerprint density at radius 1 is 1.27 bits per heavy atom. The standard InChI is InChI=1S/C15H24/c1-10(2)13-8-6-12(4)14-7-5-11(3)9-15(13)14/h6,9-10,13-15H,5,7-8H2,1-4H3/t13-,14+,15?/m1/s1. The fraction of sp³-hybridized carbons (Fsp3) is 0.733. The van der Waals surface area contributed by atoms with Gasteiger partial charge in [0, 0.05) is 0 Å². The Labute approximate surface area is 94.5 Å².